The molecule has 2 aromatic carbocycles. The number of carboxylic acid groups (broad SMARTS) is 1. The Morgan fingerprint density at radius 2 is 1.77 bits per heavy atom. The van der Waals surface area contributed by atoms with Crippen molar-refractivity contribution in [2.45, 2.75) is 18.0 Å². The third kappa shape index (κ3) is 7.98. The van der Waals surface area contributed by atoms with Crippen molar-refractivity contribution in [2.75, 3.05) is 11.6 Å². The van der Waals surface area contributed by atoms with Crippen LogP contribution in [0.25, 0.3) is 0 Å². The van der Waals surface area contributed by atoms with Gasteiger partial charge in [0.25, 0.3) is 0 Å². The molecule has 0 saturated carbocycles. The van der Waals surface area contributed by atoms with Crippen LogP contribution in [-0.4, -0.2) is 25.5 Å². The van der Waals surface area contributed by atoms with Crippen molar-refractivity contribution >= 4 is 39.1 Å². The first-order valence-corrected chi connectivity index (χ1v) is 9.50. The van der Waals surface area contributed by atoms with Crippen molar-refractivity contribution < 1.29 is 95.2 Å². The molecule has 0 spiro atoms. The summed E-state index contributed by atoms with van der Waals surface area (Å²) in [5, 5.41) is 19.5. The zero-order valence-electron chi connectivity index (χ0n) is 16.5. The molecule has 156 valence electrons. The Morgan fingerprint density at radius 1 is 1.16 bits per heavy atom. The fourth-order valence-corrected chi connectivity index (χ4v) is 2.86. The summed E-state index contributed by atoms with van der Waals surface area (Å²) in [4.78, 5) is 10.6. The van der Waals surface area contributed by atoms with Gasteiger partial charge >= 0.3 is 65.3 Å². The molecule has 2 rings (SSSR count). The minimum absolute atomic E-state index is 0. The number of halogens is 4. The minimum atomic E-state index is -4.93. The van der Waals surface area contributed by atoms with Gasteiger partial charge in [-0.1, -0.05) is 16.8 Å². The Morgan fingerprint density at radius 3 is 2.26 bits per heavy atom. The molecular weight excluding hydrogens is 485 g/mol. The predicted molar refractivity (Wildman–Crippen MR) is 92.7 cm³/mol. The van der Waals surface area contributed by atoms with Gasteiger partial charge in [0.05, 0.1) is 27.1 Å². The first-order chi connectivity index (χ1) is 13.3. The number of carbonyl (C=O) groups is 1. The molecule has 15 heteroatoms. The van der Waals surface area contributed by atoms with E-state index in [1.54, 1.807) is 0 Å². The third-order valence-corrected chi connectivity index (χ3v) is 4.74. The van der Waals surface area contributed by atoms with Gasteiger partial charge in [0, 0.05) is 12.1 Å². The van der Waals surface area contributed by atoms with E-state index < -0.39 is 38.3 Å². The van der Waals surface area contributed by atoms with E-state index in [2.05, 4.69) is 10.3 Å². The number of aromatic carboxylic acids is 1. The number of anilines is 1. The summed E-state index contributed by atoms with van der Waals surface area (Å²) in [5.74, 6) is -1.80. The molecule has 0 radical (unpaired) electrons. The summed E-state index contributed by atoms with van der Waals surface area (Å²) in [6.07, 6.45) is -4.64. The van der Waals surface area contributed by atoms with Crippen LogP contribution in [0, 0.1) is 0 Å². The van der Waals surface area contributed by atoms with Gasteiger partial charge in [0.1, 0.15) is 15.8 Å². The number of benzene rings is 2. The quantitative estimate of drug-likeness (QED) is 0.184. The molecule has 31 heavy (non-hydrogen) atoms. The monoisotopic (exact) mass is 495 g/mol. The van der Waals surface area contributed by atoms with E-state index in [0.717, 1.165) is 29.3 Å². The normalized spacial score (nSPS) is 11.5. The van der Waals surface area contributed by atoms with Crippen LogP contribution in [0.4, 0.5) is 24.5 Å². The van der Waals surface area contributed by atoms with E-state index >= 15 is 0 Å². The molecule has 2 aromatic rings. The van der Waals surface area contributed by atoms with Gasteiger partial charge in [-0.3, -0.25) is 0 Å². The average molecular weight is 496 g/mol. The van der Waals surface area contributed by atoms with Crippen LogP contribution in [0.2, 0.25) is 5.02 Å². The van der Waals surface area contributed by atoms with Crippen molar-refractivity contribution in [3.8, 4) is 0 Å². The predicted octanol–water partition coefficient (Wildman–Crippen LogP) is -2.84. The molecule has 0 amide bonds. The summed E-state index contributed by atoms with van der Waals surface area (Å²) in [5.41, 5.74) is -2.20. The zero-order valence-corrected chi connectivity index (χ0v) is 22.0. The molecule has 0 N–H and O–H groups in total. The topological polar surface area (TPSA) is 125 Å². The van der Waals surface area contributed by atoms with Crippen LogP contribution in [0.5, 0.6) is 0 Å². The van der Waals surface area contributed by atoms with Gasteiger partial charge in [-0.15, -0.1) is 5.11 Å². The summed E-state index contributed by atoms with van der Waals surface area (Å²) < 4.78 is 71.8. The Balaban J connectivity index is 0.00000450. The molecular formula is C16H11ClF3N3Na2O5S. The average Bonchev–Trinajstić information content (AvgIpc) is 2.61. The Bertz CT molecular complexity index is 1080. The first kappa shape index (κ1) is 30.3. The summed E-state index contributed by atoms with van der Waals surface area (Å²) >= 11 is 5.83. The molecule has 0 saturated heterocycles. The van der Waals surface area contributed by atoms with Crippen LogP contribution < -0.4 is 69.2 Å². The molecule has 8 nitrogen and oxygen atoms in total. The number of carboxylic acids is 1. The molecule has 0 aromatic heterocycles. The molecule has 0 aliphatic rings. The maximum atomic E-state index is 12.8. The number of carbonyl (C=O) groups excluding carboxylic acids is 1. The van der Waals surface area contributed by atoms with Gasteiger partial charge in [-0.05, 0) is 43.3 Å². The number of alkyl halides is 3. The van der Waals surface area contributed by atoms with Crippen molar-refractivity contribution in [1.82, 2.24) is 0 Å². The van der Waals surface area contributed by atoms with Crippen molar-refractivity contribution in [3.05, 3.63) is 52.5 Å². The number of hydrogen-bond acceptors (Lipinski definition) is 7. The number of rotatable bonds is 6. The number of hydrogen-bond donors (Lipinski definition) is 0. The van der Waals surface area contributed by atoms with E-state index in [0.29, 0.717) is 12.1 Å². The Kier molecular flexibility index (Phi) is 11.7. The van der Waals surface area contributed by atoms with E-state index in [9.17, 15) is 36.0 Å². The fourth-order valence-electron chi connectivity index (χ4n) is 2.21. The second-order valence-corrected chi connectivity index (χ2v) is 7.28. The molecule has 0 bridgehead atoms. The zero-order chi connectivity index (χ0) is 22.0. The summed E-state index contributed by atoms with van der Waals surface area (Å²) in [6.45, 7) is 1.51. The van der Waals surface area contributed by atoms with Crippen molar-refractivity contribution in [1.29, 1.82) is 0 Å². The Labute approximate surface area is 224 Å². The van der Waals surface area contributed by atoms with Crippen LogP contribution in [0.15, 0.2) is 51.6 Å². The van der Waals surface area contributed by atoms with Crippen molar-refractivity contribution in [3.63, 3.8) is 0 Å². The molecule has 0 unspecified atom stereocenters. The second-order valence-electron chi connectivity index (χ2n) is 5.49. The summed E-state index contributed by atoms with van der Waals surface area (Å²) in [7, 11) is -4.93. The van der Waals surface area contributed by atoms with Gasteiger partial charge in [0.2, 0.25) is 0 Å². The fraction of sp³-hybridized carbons (Fsp3) is 0.188. The number of nitrogens with zero attached hydrogens (tertiary/aromatic N) is 3. The first-order valence-electron chi connectivity index (χ1n) is 7.71. The van der Waals surface area contributed by atoms with Gasteiger partial charge in [-0.25, -0.2) is 13.4 Å². The van der Waals surface area contributed by atoms with Gasteiger partial charge < -0.3 is 14.5 Å². The van der Waals surface area contributed by atoms with Crippen LogP contribution in [0.1, 0.15) is 22.8 Å². The maximum absolute atomic E-state index is 12.8. The largest absolute Gasteiger partial charge is 1.00 e. The smallest absolute Gasteiger partial charge is 0.744 e. The van der Waals surface area contributed by atoms with Crippen LogP contribution in [0.3, 0.4) is 0 Å². The van der Waals surface area contributed by atoms with Crippen LogP contribution >= 0.6 is 11.6 Å². The maximum Gasteiger partial charge on any atom is 1.00 e. The second kappa shape index (κ2) is 12.0. The third-order valence-electron chi connectivity index (χ3n) is 3.59. The summed E-state index contributed by atoms with van der Waals surface area (Å²) in [6, 6.07) is 4.85. The Hall–Kier alpha value is -0.700. The SMILES string of the molecule is CCN(N=Nc1cc(C(F)(F)F)ccc1Cl)c1ccc(S(=O)(=O)[O-])cc1C(=O)[O-].[Na+].[Na+]. The van der Waals surface area contributed by atoms with Gasteiger partial charge in [-0.2, -0.15) is 13.2 Å². The van der Waals surface area contributed by atoms with Crippen LogP contribution in [-0.2, 0) is 16.3 Å². The van der Waals surface area contributed by atoms with E-state index in [-0.39, 0.29) is 82.1 Å². The van der Waals surface area contributed by atoms with Crippen molar-refractivity contribution in [2.24, 2.45) is 10.3 Å². The van der Waals surface area contributed by atoms with Gasteiger partial charge in [0.15, 0.2) is 0 Å². The van der Waals surface area contributed by atoms with E-state index in [1.807, 2.05) is 0 Å². The minimum Gasteiger partial charge on any atom is -0.744 e. The molecule has 0 atom stereocenters. The molecule has 0 aliphatic carbocycles. The van der Waals surface area contributed by atoms with E-state index in [1.165, 1.54) is 6.92 Å². The molecule has 0 aliphatic heterocycles. The molecule has 0 heterocycles. The van der Waals surface area contributed by atoms with E-state index in [4.69, 9.17) is 11.6 Å². The molecule has 0 fully saturated rings. The standard InChI is InChI=1S/C16H13ClF3N3O5S.2Na/c1-2-23(14-6-4-10(29(26,27)28)8-11(14)15(24)25)22-21-13-7-9(16(18,19)20)3-5-12(13)17;;/h3-8H,2H2,1H3,(H,24,25)(H,26,27,28);;/q;2*+1/p-2.